The van der Waals surface area contributed by atoms with E-state index in [-0.39, 0.29) is 12.5 Å². The van der Waals surface area contributed by atoms with Crippen molar-refractivity contribution in [3.05, 3.63) is 36.2 Å². The Bertz CT molecular complexity index is 571. The molecule has 2 N–H and O–H groups in total. The molecule has 1 aliphatic heterocycles. The molecule has 1 aromatic rings. The molecular formula is C16H22N4O2. The summed E-state index contributed by atoms with van der Waals surface area (Å²) < 4.78 is 5.84. The maximum Gasteiger partial charge on any atom is 0.226 e. The summed E-state index contributed by atoms with van der Waals surface area (Å²) in [5, 5.41) is 5.70. The molecule has 6 nitrogen and oxygen atoms in total. The number of carbonyl (C=O) groups excluding carboxylic acids is 1. The third-order valence-corrected chi connectivity index (χ3v) is 3.68. The van der Waals surface area contributed by atoms with Crippen LogP contribution in [-0.4, -0.2) is 37.8 Å². The highest BCUT2D eigenvalue weighted by Gasteiger charge is 2.17. The van der Waals surface area contributed by atoms with E-state index in [1.165, 1.54) is 6.20 Å². The number of rotatable bonds is 1. The van der Waals surface area contributed by atoms with Crippen LogP contribution in [0.15, 0.2) is 41.3 Å². The Morgan fingerprint density at radius 2 is 2.14 bits per heavy atom. The summed E-state index contributed by atoms with van der Waals surface area (Å²) in [6.45, 7) is 4.50. The smallest absolute Gasteiger partial charge is 0.226 e. The number of nitrogens with zero attached hydrogens (tertiary/aromatic N) is 3. The van der Waals surface area contributed by atoms with Crippen LogP contribution in [0.5, 0.6) is 5.75 Å². The number of amides is 1. The second kappa shape index (κ2) is 7.49. The number of anilines is 1. The Labute approximate surface area is 130 Å². The second-order valence-electron chi connectivity index (χ2n) is 5.09. The molecule has 22 heavy (non-hydrogen) atoms. The van der Waals surface area contributed by atoms with Gasteiger partial charge in [-0.2, -0.15) is 5.10 Å². The van der Waals surface area contributed by atoms with E-state index in [4.69, 9.17) is 10.5 Å². The molecule has 0 saturated carbocycles. The Morgan fingerprint density at radius 3 is 2.86 bits per heavy atom. The van der Waals surface area contributed by atoms with E-state index in [1.807, 2.05) is 24.3 Å². The summed E-state index contributed by atoms with van der Waals surface area (Å²) in [6.07, 6.45) is 3.59. The van der Waals surface area contributed by atoms with Crippen molar-refractivity contribution in [1.29, 1.82) is 0 Å². The summed E-state index contributed by atoms with van der Waals surface area (Å²) in [5.41, 5.74) is 7.18. The first-order valence-corrected chi connectivity index (χ1v) is 7.30. The number of hydrogen-bond acceptors (Lipinski definition) is 5. The monoisotopic (exact) mass is 302 g/mol. The third kappa shape index (κ3) is 3.58. The Kier molecular flexibility index (Phi) is 5.41. The van der Waals surface area contributed by atoms with Gasteiger partial charge >= 0.3 is 0 Å². The maximum atomic E-state index is 12.3. The molecule has 0 bridgehead atoms. The van der Waals surface area contributed by atoms with Gasteiger partial charge in [0.15, 0.2) is 0 Å². The van der Waals surface area contributed by atoms with Gasteiger partial charge in [-0.15, -0.1) is 0 Å². The molecule has 2 rings (SSSR count). The van der Waals surface area contributed by atoms with E-state index in [2.05, 4.69) is 11.8 Å². The van der Waals surface area contributed by atoms with Crippen molar-refractivity contribution in [2.24, 2.45) is 10.8 Å². The van der Waals surface area contributed by atoms with E-state index in [0.29, 0.717) is 18.7 Å². The molecule has 0 fully saturated rings. The normalized spacial score (nSPS) is 19.0. The molecule has 6 heteroatoms. The zero-order chi connectivity index (χ0) is 15.9. The molecule has 0 spiro atoms. The van der Waals surface area contributed by atoms with Crippen LogP contribution in [0.4, 0.5) is 5.69 Å². The minimum atomic E-state index is 0.0735. The average Bonchev–Trinajstić information content (AvgIpc) is 2.55. The number of fused-ring (bicyclic) bond motifs is 1. The predicted octanol–water partition coefficient (Wildman–Crippen LogP) is 1.93. The first-order valence-electron chi connectivity index (χ1n) is 7.30. The summed E-state index contributed by atoms with van der Waals surface area (Å²) in [6, 6.07) is 7.46. The minimum Gasteiger partial charge on any atom is -0.485 e. The molecule has 1 aliphatic rings. The van der Waals surface area contributed by atoms with Gasteiger partial charge in [-0.25, -0.2) is 0 Å². The van der Waals surface area contributed by atoms with E-state index in [9.17, 15) is 4.79 Å². The van der Waals surface area contributed by atoms with E-state index in [1.54, 1.807) is 17.0 Å². The number of para-hydroxylation sites is 2. The van der Waals surface area contributed by atoms with Crippen molar-refractivity contribution >= 4 is 18.3 Å². The van der Waals surface area contributed by atoms with E-state index < -0.39 is 0 Å². The average molecular weight is 302 g/mol. The highest BCUT2D eigenvalue weighted by atomic mass is 16.5. The highest BCUT2D eigenvalue weighted by molar-refractivity contribution is 5.94. The van der Waals surface area contributed by atoms with Gasteiger partial charge in [-0.05, 0) is 25.0 Å². The van der Waals surface area contributed by atoms with Crippen LogP contribution in [0.2, 0.25) is 0 Å². The van der Waals surface area contributed by atoms with Crippen LogP contribution >= 0.6 is 0 Å². The second-order valence-corrected chi connectivity index (χ2v) is 5.09. The highest BCUT2D eigenvalue weighted by Crippen LogP contribution is 2.28. The maximum absolute atomic E-state index is 12.3. The Hall–Kier alpha value is -2.50. The lowest BCUT2D eigenvalue weighted by atomic mass is 10.2. The zero-order valence-corrected chi connectivity index (χ0v) is 12.9. The van der Waals surface area contributed by atoms with Crippen LogP contribution in [0.3, 0.4) is 0 Å². The lowest BCUT2D eigenvalue weighted by molar-refractivity contribution is -0.118. The molecule has 0 aromatic heterocycles. The molecule has 1 aromatic carbocycles. The number of benzene rings is 1. The van der Waals surface area contributed by atoms with Gasteiger partial charge in [0.05, 0.1) is 11.4 Å². The lowest BCUT2D eigenvalue weighted by Crippen LogP contribution is -2.29. The molecular weight excluding hydrogens is 280 g/mol. The predicted molar refractivity (Wildman–Crippen MR) is 87.7 cm³/mol. The fourth-order valence-corrected chi connectivity index (χ4v) is 2.36. The van der Waals surface area contributed by atoms with Gasteiger partial charge < -0.3 is 15.4 Å². The van der Waals surface area contributed by atoms with E-state index in [0.717, 1.165) is 24.2 Å². The molecule has 0 unspecified atom stereocenters. The van der Waals surface area contributed by atoms with Crippen LogP contribution in [0, 0.1) is 0 Å². The number of hydrazone groups is 1. The Morgan fingerprint density at radius 1 is 1.36 bits per heavy atom. The first-order chi connectivity index (χ1) is 10.7. The van der Waals surface area contributed by atoms with Crippen LogP contribution in [-0.2, 0) is 4.79 Å². The van der Waals surface area contributed by atoms with Crippen molar-refractivity contribution in [3.63, 3.8) is 0 Å². The molecule has 0 saturated heterocycles. The summed E-state index contributed by atoms with van der Waals surface area (Å²) in [4.78, 5) is 13.9. The standard InChI is InChI=1S/C16H22N4O2/c1-18-20-10-6-5-9-16(21)19(2)14-7-3-4-8-15(14)22-12-13(20)11-17/h3-4,7-8,11H,1,5-6,9-10,12,17H2,2H3/b13-11-. The quantitative estimate of drug-likeness (QED) is 0.805. The fourth-order valence-electron chi connectivity index (χ4n) is 2.36. The van der Waals surface area contributed by atoms with E-state index >= 15 is 0 Å². The van der Waals surface area contributed by atoms with Crippen LogP contribution in [0.1, 0.15) is 19.3 Å². The topological polar surface area (TPSA) is 71.2 Å². The molecule has 0 aliphatic carbocycles. The number of hydrogen-bond donors (Lipinski definition) is 1. The summed E-state index contributed by atoms with van der Waals surface area (Å²) in [5.74, 6) is 0.714. The third-order valence-electron chi connectivity index (χ3n) is 3.68. The molecule has 1 amide bonds. The SMILES string of the molecule is C=NN1CCCCC(=O)N(C)c2ccccc2OC/C1=C/N. The lowest BCUT2D eigenvalue weighted by Gasteiger charge is -2.25. The minimum absolute atomic E-state index is 0.0735. The van der Waals surface area contributed by atoms with Crippen molar-refractivity contribution in [3.8, 4) is 5.75 Å². The number of nitrogens with two attached hydrogens (primary N) is 1. The van der Waals surface area contributed by atoms with Crippen molar-refractivity contribution in [1.82, 2.24) is 5.01 Å². The molecule has 1 heterocycles. The zero-order valence-electron chi connectivity index (χ0n) is 12.9. The van der Waals surface area contributed by atoms with Crippen LogP contribution < -0.4 is 15.4 Å². The van der Waals surface area contributed by atoms with Gasteiger partial charge in [0.1, 0.15) is 12.4 Å². The molecule has 0 atom stereocenters. The number of carbonyl (C=O) groups is 1. The number of ether oxygens (including phenoxy) is 1. The van der Waals surface area contributed by atoms with Gasteiger partial charge in [-0.3, -0.25) is 9.80 Å². The van der Waals surface area contributed by atoms with Crippen LogP contribution in [0.25, 0.3) is 0 Å². The van der Waals surface area contributed by atoms with Crippen molar-refractivity contribution in [2.75, 3.05) is 25.1 Å². The largest absolute Gasteiger partial charge is 0.485 e. The van der Waals surface area contributed by atoms with Gasteiger partial charge in [0, 0.05) is 32.9 Å². The molecule has 118 valence electrons. The summed E-state index contributed by atoms with van der Waals surface area (Å²) >= 11 is 0. The summed E-state index contributed by atoms with van der Waals surface area (Å²) in [7, 11) is 1.77. The first kappa shape index (κ1) is 15.9. The fraction of sp³-hybridized carbons (Fsp3) is 0.375. The van der Waals surface area contributed by atoms with Crippen molar-refractivity contribution in [2.45, 2.75) is 19.3 Å². The van der Waals surface area contributed by atoms with Gasteiger partial charge in [-0.1, -0.05) is 12.1 Å². The van der Waals surface area contributed by atoms with Gasteiger partial charge in [0.25, 0.3) is 0 Å². The van der Waals surface area contributed by atoms with Gasteiger partial charge in [0.2, 0.25) is 5.91 Å². The molecule has 0 radical (unpaired) electrons. The Balaban J connectivity index is 2.31. The van der Waals surface area contributed by atoms with Crippen molar-refractivity contribution < 1.29 is 9.53 Å².